The highest BCUT2D eigenvalue weighted by Gasteiger charge is 2.52. The Balaban J connectivity index is 1.04. The van der Waals surface area contributed by atoms with E-state index in [2.05, 4.69) is 218 Å². The molecule has 13 rings (SSSR count). The van der Waals surface area contributed by atoms with Crippen LogP contribution in [0.3, 0.4) is 0 Å². The van der Waals surface area contributed by atoms with Crippen molar-refractivity contribution in [3.63, 3.8) is 0 Å². The Morgan fingerprint density at radius 3 is 1.49 bits per heavy atom. The molecule has 1 unspecified atom stereocenters. The van der Waals surface area contributed by atoms with Crippen LogP contribution in [0.4, 0.5) is 17.1 Å². The standard InChI is InChI=1S/C62H49N/c1-61(39-41-30-31-42(36-41)40-61)58-28-13-14-29-60(58)63(45-19-15-18-44(37-45)48-35-34-47(43-16-3-2-4-17-43)49-20-5-6-21-50(48)49)46-32-33-54-53-24-9-12-27-57(53)62(59(54)38-46)55-25-10-7-22-51(55)52-23-8-11-26-56(52)62/h2-29,32-35,37-38,41-42H,30-31,36,39-40H2,1H3/t41-,42+,61?. The van der Waals surface area contributed by atoms with E-state index in [0.717, 1.165) is 11.8 Å². The maximum Gasteiger partial charge on any atom is 0.0726 e. The quantitative estimate of drug-likeness (QED) is 0.162. The molecule has 0 heterocycles. The number of fused-ring (bicyclic) bond motifs is 13. The van der Waals surface area contributed by atoms with Crippen molar-refractivity contribution in [2.75, 3.05) is 4.90 Å². The number of para-hydroxylation sites is 1. The third-order valence-electron chi connectivity index (χ3n) is 15.6. The van der Waals surface area contributed by atoms with Gasteiger partial charge in [-0.2, -0.15) is 0 Å². The molecule has 3 atom stereocenters. The van der Waals surface area contributed by atoms with Crippen LogP contribution in [0.15, 0.2) is 206 Å². The van der Waals surface area contributed by atoms with E-state index in [9.17, 15) is 0 Å². The van der Waals surface area contributed by atoms with Gasteiger partial charge in [-0.15, -0.1) is 0 Å². The van der Waals surface area contributed by atoms with Crippen molar-refractivity contribution in [2.24, 2.45) is 11.8 Å². The molecule has 9 aromatic rings. The molecule has 4 aliphatic carbocycles. The fourth-order valence-corrected chi connectivity index (χ4v) is 13.2. The van der Waals surface area contributed by atoms with Gasteiger partial charge in [-0.3, -0.25) is 0 Å². The molecule has 2 saturated carbocycles. The lowest BCUT2D eigenvalue weighted by molar-refractivity contribution is 0.232. The van der Waals surface area contributed by atoms with E-state index in [1.807, 2.05) is 0 Å². The van der Waals surface area contributed by atoms with Crippen LogP contribution < -0.4 is 4.90 Å². The average molecular weight is 808 g/mol. The normalized spacial score (nSPS) is 19.7. The molecule has 4 aliphatic rings. The molecule has 2 bridgehead atoms. The third kappa shape index (κ3) is 5.42. The van der Waals surface area contributed by atoms with E-state index < -0.39 is 5.41 Å². The predicted molar refractivity (Wildman–Crippen MR) is 263 cm³/mol. The number of hydrogen-bond donors (Lipinski definition) is 0. The first kappa shape index (κ1) is 36.7. The summed E-state index contributed by atoms with van der Waals surface area (Å²) in [7, 11) is 0. The SMILES string of the molecule is CC1(c2ccccc2N(c2cccc(-c3ccc(-c4ccccc4)c4ccccc34)c2)c2ccc3c(c2)C2(c4ccccc4-c4ccccc42)c2ccccc2-3)C[C@@H]2CC[C@@H](C2)C1. The van der Waals surface area contributed by atoms with Crippen molar-refractivity contribution >= 4 is 27.8 Å². The topological polar surface area (TPSA) is 3.24 Å². The monoisotopic (exact) mass is 807 g/mol. The second kappa shape index (κ2) is 14.0. The molecule has 2 fully saturated rings. The molecule has 0 saturated heterocycles. The van der Waals surface area contributed by atoms with Crippen molar-refractivity contribution in [3.05, 3.63) is 234 Å². The van der Waals surface area contributed by atoms with E-state index in [-0.39, 0.29) is 5.41 Å². The van der Waals surface area contributed by atoms with Crippen LogP contribution in [-0.4, -0.2) is 0 Å². The molecule has 63 heavy (non-hydrogen) atoms. The third-order valence-corrected chi connectivity index (χ3v) is 15.6. The zero-order valence-corrected chi connectivity index (χ0v) is 35.8. The zero-order valence-electron chi connectivity index (χ0n) is 35.8. The van der Waals surface area contributed by atoms with Gasteiger partial charge in [0.25, 0.3) is 0 Å². The molecule has 9 aromatic carbocycles. The molecule has 1 heteroatoms. The van der Waals surface area contributed by atoms with Gasteiger partial charge in [-0.05, 0) is 150 Å². The Hall–Kier alpha value is -6.96. The Morgan fingerprint density at radius 2 is 0.857 bits per heavy atom. The summed E-state index contributed by atoms with van der Waals surface area (Å²) in [6.07, 6.45) is 6.66. The summed E-state index contributed by atoms with van der Waals surface area (Å²) in [5.41, 5.74) is 20.6. The summed E-state index contributed by atoms with van der Waals surface area (Å²) in [5.74, 6) is 1.62. The van der Waals surface area contributed by atoms with Gasteiger partial charge in [0.1, 0.15) is 0 Å². The Morgan fingerprint density at radius 1 is 0.381 bits per heavy atom. The second-order valence-corrected chi connectivity index (χ2v) is 19.1. The lowest BCUT2D eigenvalue weighted by Crippen LogP contribution is -2.32. The van der Waals surface area contributed by atoms with Crippen LogP contribution in [0.25, 0.3) is 55.3 Å². The highest BCUT2D eigenvalue weighted by molar-refractivity contribution is 6.05. The van der Waals surface area contributed by atoms with Crippen LogP contribution in [0.1, 0.15) is 66.8 Å². The maximum atomic E-state index is 2.62. The van der Waals surface area contributed by atoms with Crippen LogP contribution in [0.2, 0.25) is 0 Å². The number of benzene rings is 9. The maximum absolute atomic E-state index is 2.62. The van der Waals surface area contributed by atoms with Gasteiger partial charge in [0, 0.05) is 17.1 Å². The molecular formula is C62H49N. The predicted octanol–water partition coefficient (Wildman–Crippen LogP) is 16.5. The highest BCUT2D eigenvalue weighted by atomic mass is 15.1. The molecule has 0 N–H and O–H groups in total. The number of nitrogens with zero attached hydrogens (tertiary/aromatic N) is 1. The van der Waals surface area contributed by atoms with Crippen molar-refractivity contribution in [1.82, 2.24) is 0 Å². The summed E-state index contributed by atoms with van der Waals surface area (Å²) in [5, 5.41) is 2.54. The minimum absolute atomic E-state index is 0.0948. The number of anilines is 3. The fourth-order valence-electron chi connectivity index (χ4n) is 13.2. The van der Waals surface area contributed by atoms with Gasteiger partial charge < -0.3 is 4.90 Å². The molecule has 0 aliphatic heterocycles. The zero-order chi connectivity index (χ0) is 41.7. The van der Waals surface area contributed by atoms with Crippen LogP contribution in [0.5, 0.6) is 0 Å². The Labute approximate surface area is 371 Å². The first-order valence-corrected chi connectivity index (χ1v) is 23.1. The minimum Gasteiger partial charge on any atom is -0.310 e. The van der Waals surface area contributed by atoms with Crippen LogP contribution in [0, 0.1) is 11.8 Å². The van der Waals surface area contributed by atoms with Crippen LogP contribution >= 0.6 is 0 Å². The molecule has 0 amide bonds. The minimum atomic E-state index is -0.421. The van der Waals surface area contributed by atoms with Gasteiger partial charge in [0.05, 0.1) is 5.41 Å². The van der Waals surface area contributed by atoms with Gasteiger partial charge >= 0.3 is 0 Å². The average Bonchev–Trinajstić information content (AvgIpc) is 3.96. The summed E-state index contributed by atoms with van der Waals surface area (Å²) in [6.45, 7) is 2.58. The lowest BCUT2D eigenvalue weighted by atomic mass is 9.66. The summed E-state index contributed by atoms with van der Waals surface area (Å²) in [4.78, 5) is 2.62. The van der Waals surface area contributed by atoms with Crippen LogP contribution in [-0.2, 0) is 10.8 Å². The van der Waals surface area contributed by atoms with Crippen molar-refractivity contribution in [3.8, 4) is 44.5 Å². The molecule has 1 spiro atoms. The van der Waals surface area contributed by atoms with Crippen molar-refractivity contribution < 1.29 is 0 Å². The summed E-state index contributed by atoms with van der Waals surface area (Å²) in [6, 6.07) is 78.1. The summed E-state index contributed by atoms with van der Waals surface area (Å²) < 4.78 is 0. The largest absolute Gasteiger partial charge is 0.310 e. The summed E-state index contributed by atoms with van der Waals surface area (Å²) >= 11 is 0. The molecule has 0 radical (unpaired) electrons. The van der Waals surface area contributed by atoms with E-state index in [4.69, 9.17) is 0 Å². The molecule has 0 aromatic heterocycles. The fraction of sp³-hybridized carbons (Fsp3) is 0.161. The highest BCUT2D eigenvalue weighted by Crippen LogP contribution is 2.63. The Kier molecular flexibility index (Phi) is 8.17. The first-order valence-electron chi connectivity index (χ1n) is 23.1. The molecule has 302 valence electrons. The van der Waals surface area contributed by atoms with E-state index in [1.54, 1.807) is 0 Å². The van der Waals surface area contributed by atoms with Crippen molar-refractivity contribution in [1.29, 1.82) is 0 Å². The van der Waals surface area contributed by atoms with Gasteiger partial charge in [-0.25, -0.2) is 0 Å². The Bertz CT molecular complexity index is 3190. The molecular weight excluding hydrogens is 759 g/mol. The first-order chi connectivity index (χ1) is 31.1. The lowest BCUT2D eigenvalue weighted by Gasteiger charge is -2.41. The van der Waals surface area contributed by atoms with Crippen molar-refractivity contribution in [2.45, 2.75) is 49.9 Å². The molecule has 1 nitrogen and oxygen atoms in total. The van der Waals surface area contributed by atoms with Gasteiger partial charge in [0.15, 0.2) is 0 Å². The second-order valence-electron chi connectivity index (χ2n) is 19.1. The van der Waals surface area contributed by atoms with E-state index in [0.29, 0.717) is 0 Å². The smallest absolute Gasteiger partial charge is 0.0726 e. The number of rotatable bonds is 6. The van der Waals surface area contributed by atoms with Gasteiger partial charge in [0.2, 0.25) is 0 Å². The van der Waals surface area contributed by atoms with Gasteiger partial charge in [-0.1, -0.05) is 196 Å². The number of hydrogen-bond acceptors (Lipinski definition) is 1. The van der Waals surface area contributed by atoms with E-state index >= 15 is 0 Å². The van der Waals surface area contributed by atoms with E-state index in [1.165, 1.54) is 132 Å².